The molecule has 4 saturated carbocycles. The molecule has 0 spiro atoms. The zero-order valence-corrected chi connectivity index (χ0v) is 27.2. The van der Waals surface area contributed by atoms with Crippen LogP contribution in [0.2, 0.25) is 0 Å². The number of ether oxygens (including phenoxy) is 1. The molecule has 5 rings (SSSR count). The summed E-state index contributed by atoms with van der Waals surface area (Å²) in [6, 6.07) is 0.104. The molecule has 0 aromatic rings. The van der Waals surface area contributed by atoms with Crippen LogP contribution in [0.15, 0.2) is 0 Å². The lowest BCUT2D eigenvalue weighted by Crippen LogP contribution is -2.64. The van der Waals surface area contributed by atoms with Gasteiger partial charge in [-0.1, -0.05) is 13.8 Å². The van der Waals surface area contributed by atoms with Crippen LogP contribution < -0.4 is 0 Å². The lowest BCUT2D eigenvalue weighted by Gasteiger charge is -2.62. The van der Waals surface area contributed by atoms with E-state index in [4.69, 9.17) is 25.2 Å². The number of Topliss-reactive ketones (excluding diaryl/α,β-unsaturated/α-hetero) is 2. The minimum absolute atomic E-state index is 0.0536. The molecule has 1 aliphatic heterocycles. The van der Waals surface area contributed by atoms with E-state index in [0.717, 1.165) is 51.6 Å². The molecule has 4 aliphatic carbocycles. The number of aliphatic carboxylic acids is 3. The zero-order chi connectivity index (χ0) is 33.7. The number of carbonyl (C=O) groups is 5. The van der Waals surface area contributed by atoms with E-state index in [-0.39, 0.29) is 46.2 Å². The molecule has 0 radical (unpaired) electrons. The number of carboxylic acid groups (broad SMARTS) is 3. The third kappa shape index (κ3) is 6.84. The van der Waals surface area contributed by atoms with Crippen molar-refractivity contribution in [3.63, 3.8) is 0 Å². The Kier molecular flexibility index (Phi) is 9.97. The number of hydrogen-bond acceptors (Lipinski definition) is 9. The number of morpholine rings is 1. The zero-order valence-electron chi connectivity index (χ0n) is 27.2. The van der Waals surface area contributed by atoms with Crippen LogP contribution in [0.3, 0.4) is 0 Å². The molecule has 0 aromatic heterocycles. The Labute approximate surface area is 264 Å². The van der Waals surface area contributed by atoms with Crippen LogP contribution in [0, 0.1) is 40.4 Å². The molecule has 0 aromatic carbocycles. The maximum Gasteiger partial charge on any atom is 0.336 e. The van der Waals surface area contributed by atoms with Crippen molar-refractivity contribution >= 4 is 29.5 Å². The summed E-state index contributed by atoms with van der Waals surface area (Å²) in [6.45, 7) is 13.0. The highest BCUT2D eigenvalue weighted by molar-refractivity contribution is 5.88. The molecule has 0 unspecified atom stereocenters. The highest BCUT2D eigenvalue weighted by Gasteiger charge is 2.65. The van der Waals surface area contributed by atoms with Crippen LogP contribution in [-0.2, 0) is 28.7 Å². The Bertz CT molecular complexity index is 1190. The van der Waals surface area contributed by atoms with E-state index in [2.05, 4.69) is 32.6 Å². The summed E-state index contributed by atoms with van der Waals surface area (Å²) in [5.74, 6) is -2.87. The highest BCUT2D eigenvalue weighted by atomic mass is 16.5. The van der Waals surface area contributed by atoms with Gasteiger partial charge in [-0.05, 0) is 87.9 Å². The predicted molar refractivity (Wildman–Crippen MR) is 160 cm³/mol. The van der Waals surface area contributed by atoms with E-state index in [1.807, 2.05) is 0 Å². The van der Waals surface area contributed by atoms with Crippen LogP contribution >= 0.6 is 0 Å². The normalized spacial score (nSPS) is 39.4. The first-order valence-electron chi connectivity index (χ1n) is 16.2. The van der Waals surface area contributed by atoms with Crippen LogP contribution in [0.5, 0.6) is 0 Å². The molecular formula is C33H51NO11. The van der Waals surface area contributed by atoms with Crippen molar-refractivity contribution in [2.45, 2.75) is 116 Å². The van der Waals surface area contributed by atoms with Crippen molar-refractivity contribution in [2.24, 2.45) is 40.4 Å². The fourth-order valence-corrected chi connectivity index (χ4v) is 10.2. The average Bonchev–Trinajstić information content (AvgIpc) is 3.24. The first-order valence-corrected chi connectivity index (χ1v) is 16.2. The lowest BCUT2D eigenvalue weighted by molar-refractivity contribution is -0.177. The number of carboxylic acids is 3. The van der Waals surface area contributed by atoms with Gasteiger partial charge in [-0.2, -0.15) is 0 Å². The van der Waals surface area contributed by atoms with Gasteiger partial charge >= 0.3 is 17.9 Å². The van der Waals surface area contributed by atoms with Gasteiger partial charge in [0.25, 0.3) is 0 Å². The minimum Gasteiger partial charge on any atom is -0.481 e. The smallest absolute Gasteiger partial charge is 0.336 e. The van der Waals surface area contributed by atoms with Crippen LogP contribution in [0.1, 0.15) is 92.4 Å². The third-order valence-corrected chi connectivity index (χ3v) is 12.1. The molecule has 0 amide bonds. The third-order valence-electron chi connectivity index (χ3n) is 12.1. The first-order chi connectivity index (χ1) is 20.7. The van der Waals surface area contributed by atoms with Gasteiger partial charge in [0, 0.05) is 37.4 Å². The summed E-state index contributed by atoms with van der Waals surface area (Å²) in [5.41, 5.74) is -3.13. The van der Waals surface area contributed by atoms with E-state index in [9.17, 15) is 29.1 Å². The fourth-order valence-electron chi connectivity index (χ4n) is 10.2. The molecule has 254 valence electrons. The molecule has 1 saturated heterocycles. The van der Waals surface area contributed by atoms with Crippen molar-refractivity contribution in [3.8, 4) is 0 Å². The van der Waals surface area contributed by atoms with E-state index >= 15 is 0 Å². The summed E-state index contributed by atoms with van der Waals surface area (Å²) < 4.78 is 5.94. The van der Waals surface area contributed by atoms with Gasteiger partial charge in [0.05, 0.1) is 31.2 Å². The van der Waals surface area contributed by atoms with Gasteiger partial charge in [0.1, 0.15) is 11.6 Å². The number of hydrogen-bond donors (Lipinski definition) is 5. The molecule has 5 aliphatic rings. The van der Waals surface area contributed by atoms with Crippen molar-refractivity contribution in [3.05, 3.63) is 0 Å². The number of carbonyl (C=O) groups excluding carboxylic acids is 2. The number of fused-ring (bicyclic) bond motifs is 5. The van der Waals surface area contributed by atoms with Crippen LogP contribution in [0.25, 0.3) is 0 Å². The van der Waals surface area contributed by atoms with Crippen molar-refractivity contribution in [1.29, 1.82) is 0 Å². The lowest BCUT2D eigenvalue weighted by atomic mass is 9.43. The fraction of sp³-hybridized carbons (Fsp3) is 0.848. The maximum absolute atomic E-state index is 13.9. The second kappa shape index (κ2) is 12.7. The maximum atomic E-state index is 13.9. The van der Waals surface area contributed by atoms with E-state index < -0.39 is 36.4 Å². The number of ketones is 2. The summed E-state index contributed by atoms with van der Waals surface area (Å²) in [6.07, 6.45) is 3.93. The second-order valence-corrected chi connectivity index (χ2v) is 15.5. The Morgan fingerprint density at radius 2 is 1.58 bits per heavy atom. The largest absolute Gasteiger partial charge is 0.481 e. The van der Waals surface area contributed by atoms with Crippen molar-refractivity contribution in [2.75, 3.05) is 19.7 Å². The monoisotopic (exact) mass is 637 g/mol. The quantitative estimate of drug-likeness (QED) is 0.274. The minimum atomic E-state index is -2.74. The Morgan fingerprint density at radius 3 is 2.11 bits per heavy atom. The van der Waals surface area contributed by atoms with E-state index in [1.54, 1.807) is 6.92 Å². The number of aliphatic hydroxyl groups excluding tert-OH is 1. The summed E-state index contributed by atoms with van der Waals surface area (Å²) >= 11 is 0. The summed E-state index contributed by atoms with van der Waals surface area (Å²) in [5, 5.41) is 45.0. The van der Waals surface area contributed by atoms with Crippen LogP contribution in [-0.4, -0.2) is 103 Å². The van der Waals surface area contributed by atoms with Crippen molar-refractivity contribution in [1.82, 2.24) is 4.90 Å². The Hall–Kier alpha value is -2.41. The number of aliphatic hydroxyl groups is 2. The molecule has 1 heterocycles. The molecule has 12 nitrogen and oxygen atoms in total. The first kappa shape index (κ1) is 35.4. The molecule has 12 heteroatoms. The number of rotatable bonds is 7. The van der Waals surface area contributed by atoms with Gasteiger partial charge in [0.15, 0.2) is 5.60 Å². The molecule has 9 atom stereocenters. The van der Waals surface area contributed by atoms with Crippen LogP contribution in [0.4, 0.5) is 0 Å². The summed E-state index contributed by atoms with van der Waals surface area (Å²) in [4.78, 5) is 59.2. The SMILES string of the molecule is CC(=O)[C@H]1CC[C@H]2[C@@H]3CC[C@H]4C[C@H](O)[C@@H](N5CCOC(C)(C)C5)C[C@]4(C)[C@H]3C(=O)C[C@]12C.O=C(O)CC(O)(CC(=O)O)C(=O)O. The van der Waals surface area contributed by atoms with E-state index in [0.29, 0.717) is 36.6 Å². The van der Waals surface area contributed by atoms with Gasteiger partial charge in [0.2, 0.25) is 0 Å². The molecule has 5 N–H and O–H groups in total. The standard InChI is InChI=1S/C27H43NO4.C6H8O7/c1-16(29)19-8-9-20-18-7-6-17-12-22(30)21(28-10-11-32-25(2,3)15-28)13-26(17,4)24(18)23(31)14-27(19,20)5;7-3(8)1-6(13,5(11)12)2-4(9)10/h17-22,24,30H,6-15H2,1-5H3;13H,1-2H2,(H,7,8)(H,9,10)(H,11,12)/t17-,18-,19+,20-,21-,22-,24+,26-,27+;/m0./s1. The second-order valence-electron chi connectivity index (χ2n) is 15.5. The van der Waals surface area contributed by atoms with E-state index in [1.165, 1.54) is 0 Å². The van der Waals surface area contributed by atoms with Gasteiger partial charge in [-0.15, -0.1) is 0 Å². The molecular weight excluding hydrogens is 586 g/mol. The molecule has 45 heavy (non-hydrogen) atoms. The Balaban J connectivity index is 0.000000302. The molecule has 5 fully saturated rings. The predicted octanol–water partition coefficient (Wildman–Crippen LogP) is 2.62. The number of nitrogens with zero attached hydrogens (tertiary/aromatic N) is 1. The van der Waals surface area contributed by atoms with Gasteiger partial charge in [-0.3, -0.25) is 24.1 Å². The summed E-state index contributed by atoms with van der Waals surface area (Å²) in [7, 11) is 0. The topological polar surface area (TPSA) is 199 Å². The average molecular weight is 638 g/mol. The van der Waals surface area contributed by atoms with Gasteiger partial charge in [-0.25, -0.2) is 4.79 Å². The van der Waals surface area contributed by atoms with Gasteiger partial charge < -0.3 is 30.3 Å². The van der Waals surface area contributed by atoms with Crippen molar-refractivity contribution < 1.29 is 54.2 Å². The Morgan fingerprint density at radius 1 is 0.956 bits per heavy atom. The highest BCUT2D eigenvalue weighted by Crippen LogP contribution is 2.66. The molecule has 0 bridgehead atoms.